The van der Waals surface area contributed by atoms with Crippen LogP contribution in [0.5, 0.6) is 5.75 Å². The van der Waals surface area contributed by atoms with Crippen molar-refractivity contribution in [3.05, 3.63) is 29.6 Å². The van der Waals surface area contributed by atoms with Gasteiger partial charge in [0.05, 0.1) is 13.2 Å². The maximum absolute atomic E-state index is 13.8. The molecule has 1 heterocycles. The summed E-state index contributed by atoms with van der Waals surface area (Å²) in [7, 11) is 1.25. The summed E-state index contributed by atoms with van der Waals surface area (Å²) in [5.41, 5.74) is 3.09. The molecule has 2 rings (SSSR count). The standard InChI is InChI=1S/C21H29FN4O6.C10H20O2/c1-12(2)18(23-11-27)19(29)24-17(9-13-7-14(22)10-15(28)8-13)20(30)26-6-4-5-16(25-26)21(31)32-3;1-7(2)10(12)8(3)5-6-9(4)11/h7-8,10-12,16-18,25,28H,4-6,9H2,1-3H3,(H,23,27)(H,24,29);7-8,10,12H,5-6H2,1-4H3. The fraction of sp³-hybridized carbons (Fsp3) is 0.645. The molecule has 0 spiro atoms. The minimum atomic E-state index is -1.15. The third-order valence-corrected chi connectivity index (χ3v) is 7.35. The quantitative estimate of drug-likeness (QED) is 0.153. The van der Waals surface area contributed by atoms with Gasteiger partial charge in [-0.15, -0.1) is 0 Å². The number of carbonyl (C=O) groups is 5. The van der Waals surface area contributed by atoms with E-state index in [-0.39, 0.29) is 53.9 Å². The summed E-state index contributed by atoms with van der Waals surface area (Å²) in [6.45, 7) is 11.3. The number of Topliss-reactive ketones (excluding diaryl/α,β-unsaturated/α-hetero) is 1. The predicted molar refractivity (Wildman–Crippen MR) is 161 cm³/mol. The van der Waals surface area contributed by atoms with E-state index in [9.17, 15) is 38.6 Å². The van der Waals surface area contributed by atoms with Crippen molar-refractivity contribution in [3.8, 4) is 5.75 Å². The Hall–Kier alpha value is -3.58. The average molecular weight is 625 g/mol. The van der Waals surface area contributed by atoms with Crippen LogP contribution >= 0.6 is 0 Å². The molecule has 1 aliphatic rings. The number of hydrogen-bond donors (Lipinski definition) is 5. The number of nitrogens with zero attached hydrogens (tertiary/aromatic N) is 1. The second kappa shape index (κ2) is 18.9. The molecule has 1 fully saturated rings. The van der Waals surface area contributed by atoms with Crippen molar-refractivity contribution in [2.75, 3.05) is 13.7 Å². The van der Waals surface area contributed by atoms with E-state index in [1.54, 1.807) is 20.8 Å². The van der Waals surface area contributed by atoms with Crippen molar-refractivity contribution < 1.29 is 43.3 Å². The highest BCUT2D eigenvalue weighted by atomic mass is 19.1. The lowest BCUT2D eigenvalue weighted by Crippen LogP contribution is -2.61. The van der Waals surface area contributed by atoms with Gasteiger partial charge in [0, 0.05) is 25.5 Å². The highest BCUT2D eigenvalue weighted by Gasteiger charge is 2.34. The molecule has 3 amide bonds. The zero-order chi connectivity index (χ0) is 33.6. The number of aliphatic hydroxyl groups excluding tert-OH is 1. The van der Waals surface area contributed by atoms with Crippen LogP contribution in [0.1, 0.15) is 72.8 Å². The molecule has 5 N–H and O–H groups in total. The Morgan fingerprint density at radius 3 is 2.32 bits per heavy atom. The van der Waals surface area contributed by atoms with Gasteiger partial charge in [0.1, 0.15) is 35.5 Å². The molecule has 12 nitrogen and oxygen atoms in total. The van der Waals surface area contributed by atoms with Crippen LogP contribution < -0.4 is 16.1 Å². The number of rotatable bonds is 14. The number of hydrazine groups is 1. The van der Waals surface area contributed by atoms with Gasteiger partial charge in [-0.2, -0.15) is 0 Å². The number of hydrogen-bond acceptors (Lipinski definition) is 9. The summed E-state index contributed by atoms with van der Waals surface area (Å²) in [5, 5.41) is 25.6. The molecule has 1 saturated heterocycles. The van der Waals surface area contributed by atoms with Gasteiger partial charge in [0.25, 0.3) is 5.91 Å². The predicted octanol–water partition coefficient (Wildman–Crippen LogP) is 2.01. The van der Waals surface area contributed by atoms with Crippen LogP contribution in [0.2, 0.25) is 0 Å². The van der Waals surface area contributed by atoms with Gasteiger partial charge in [-0.05, 0) is 61.6 Å². The van der Waals surface area contributed by atoms with E-state index >= 15 is 0 Å². The largest absolute Gasteiger partial charge is 0.508 e. The molecular formula is C31H49FN4O8. The molecule has 5 unspecified atom stereocenters. The van der Waals surface area contributed by atoms with Gasteiger partial charge in [0.2, 0.25) is 12.3 Å². The van der Waals surface area contributed by atoms with Crippen molar-refractivity contribution >= 4 is 30.0 Å². The molecule has 0 aliphatic carbocycles. The first kappa shape index (κ1) is 38.4. The van der Waals surface area contributed by atoms with Crippen molar-refractivity contribution in [1.82, 2.24) is 21.1 Å². The molecule has 0 radical (unpaired) electrons. The Kier molecular flexibility index (Phi) is 16.6. The fourth-order valence-corrected chi connectivity index (χ4v) is 4.80. The minimum absolute atomic E-state index is 0.122. The third kappa shape index (κ3) is 13.0. The average Bonchev–Trinajstić information content (AvgIpc) is 2.96. The Labute approximate surface area is 259 Å². The van der Waals surface area contributed by atoms with E-state index < -0.39 is 41.7 Å². The van der Waals surface area contributed by atoms with Gasteiger partial charge >= 0.3 is 5.97 Å². The van der Waals surface area contributed by atoms with Crippen LogP contribution in [0.4, 0.5) is 4.39 Å². The first-order valence-electron chi connectivity index (χ1n) is 14.9. The van der Waals surface area contributed by atoms with Crippen LogP contribution in [-0.2, 0) is 35.1 Å². The normalized spacial score (nSPS) is 17.4. The maximum atomic E-state index is 13.8. The number of nitrogens with one attached hydrogen (secondary N) is 3. The van der Waals surface area contributed by atoms with Crippen LogP contribution in [0.25, 0.3) is 0 Å². The number of benzene rings is 1. The van der Waals surface area contributed by atoms with Gasteiger partial charge in [-0.25, -0.2) is 9.82 Å². The fourth-order valence-electron chi connectivity index (χ4n) is 4.80. The summed E-state index contributed by atoms with van der Waals surface area (Å²) in [5.74, 6) is -2.21. The smallest absolute Gasteiger partial charge is 0.324 e. The number of phenolic OH excluding ortho intramolecular Hbond substituents is 1. The molecular weight excluding hydrogens is 575 g/mol. The number of esters is 1. The number of ketones is 1. The van der Waals surface area contributed by atoms with E-state index in [1.807, 2.05) is 20.8 Å². The third-order valence-electron chi connectivity index (χ3n) is 7.35. The molecule has 1 aliphatic heterocycles. The number of carbonyl (C=O) groups excluding carboxylic acids is 5. The number of ether oxygens (including phenoxy) is 1. The number of aliphatic hydroxyl groups is 1. The molecule has 1 aromatic carbocycles. The molecule has 0 saturated carbocycles. The van der Waals surface area contributed by atoms with E-state index in [1.165, 1.54) is 18.2 Å². The monoisotopic (exact) mass is 624 g/mol. The molecule has 5 atom stereocenters. The maximum Gasteiger partial charge on any atom is 0.324 e. The van der Waals surface area contributed by atoms with Crippen molar-refractivity contribution in [1.29, 1.82) is 0 Å². The lowest BCUT2D eigenvalue weighted by atomic mass is 9.91. The first-order valence-corrected chi connectivity index (χ1v) is 14.9. The second-order valence-electron chi connectivity index (χ2n) is 11.9. The summed E-state index contributed by atoms with van der Waals surface area (Å²) in [6.07, 6.45) is 2.40. The highest BCUT2D eigenvalue weighted by Crippen LogP contribution is 2.19. The SMILES string of the molecule is CC(=O)CCC(C)C(O)C(C)C.COC(=O)C1CCCN(C(=O)C(Cc2cc(O)cc(F)c2)NC(=O)C(NC=O)C(C)C)N1. The zero-order valence-electron chi connectivity index (χ0n) is 26.8. The Morgan fingerprint density at radius 1 is 1.14 bits per heavy atom. The van der Waals surface area contributed by atoms with Gasteiger partial charge < -0.3 is 30.4 Å². The van der Waals surface area contributed by atoms with E-state index in [4.69, 9.17) is 4.74 Å². The summed E-state index contributed by atoms with van der Waals surface area (Å²) in [6, 6.07) is 0.612. The zero-order valence-corrected chi connectivity index (χ0v) is 26.8. The van der Waals surface area contributed by atoms with Gasteiger partial charge in [0.15, 0.2) is 0 Å². The minimum Gasteiger partial charge on any atom is -0.508 e. The van der Waals surface area contributed by atoms with Crippen LogP contribution in [0, 0.1) is 23.6 Å². The molecule has 13 heteroatoms. The number of amides is 3. The molecule has 248 valence electrons. The Balaban J connectivity index is 0.000000681. The van der Waals surface area contributed by atoms with E-state index in [2.05, 4.69) is 16.1 Å². The first-order chi connectivity index (χ1) is 20.6. The molecule has 0 aromatic heterocycles. The number of halogens is 1. The summed E-state index contributed by atoms with van der Waals surface area (Å²) < 4.78 is 18.5. The summed E-state index contributed by atoms with van der Waals surface area (Å²) >= 11 is 0. The molecule has 0 bridgehead atoms. The molecule has 1 aromatic rings. The number of aromatic hydroxyl groups is 1. The van der Waals surface area contributed by atoms with Crippen LogP contribution in [-0.4, -0.2) is 83.1 Å². The van der Waals surface area contributed by atoms with Crippen molar-refractivity contribution in [2.45, 2.75) is 97.9 Å². The highest BCUT2D eigenvalue weighted by molar-refractivity contribution is 5.91. The van der Waals surface area contributed by atoms with E-state index in [0.29, 0.717) is 25.7 Å². The Bertz CT molecular complexity index is 1100. The van der Waals surface area contributed by atoms with Crippen LogP contribution in [0.3, 0.4) is 0 Å². The van der Waals surface area contributed by atoms with E-state index in [0.717, 1.165) is 18.6 Å². The van der Waals surface area contributed by atoms with Crippen LogP contribution in [0.15, 0.2) is 18.2 Å². The lowest BCUT2D eigenvalue weighted by molar-refractivity contribution is -0.151. The number of phenols is 1. The molecule has 44 heavy (non-hydrogen) atoms. The lowest BCUT2D eigenvalue weighted by Gasteiger charge is -2.35. The van der Waals surface area contributed by atoms with Gasteiger partial charge in [-0.3, -0.25) is 24.2 Å². The summed E-state index contributed by atoms with van der Waals surface area (Å²) in [4.78, 5) is 59.5. The van der Waals surface area contributed by atoms with Crippen molar-refractivity contribution in [2.24, 2.45) is 17.8 Å². The van der Waals surface area contributed by atoms with Gasteiger partial charge in [-0.1, -0.05) is 34.6 Å². The number of methoxy groups -OCH3 is 1. The Morgan fingerprint density at radius 2 is 1.80 bits per heavy atom. The van der Waals surface area contributed by atoms with Crippen molar-refractivity contribution in [3.63, 3.8) is 0 Å². The second-order valence-corrected chi connectivity index (χ2v) is 11.9. The topological polar surface area (TPSA) is 174 Å².